The normalized spacial score (nSPS) is 25.7. The van der Waals surface area contributed by atoms with Crippen LogP contribution >= 0.6 is 0 Å². The molecule has 2 aliphatic rings. The van der Waals surface area contributed by atoms with Crippen molar-refractivity contribution < 1.29 is 9.59 Å². The number of likely N-dealkylation sites (tertiary alicyclic amines) is 1. The lowest BCUT2D eigenvalue weighted by Gasteiger charge is -2.55. The second-order valence-corrected chi connectivity index (χ2v) is 5.86. The van der Waals surface area contributed by atoms with Crippen molar-refractivity contribution >= 4 is 11.8 Å². The summed E-state index contributed by atoms with van der Waals surface area (Å²) in [6.45, 7) is 6.71. The molecule has 1 unspecified atom stereocenters. The Hall–Kier alpha value is -1.06. The molecule has 1 aliphatic heterocycles. The van der Waals surface area contributed by atoms with Crippen molar-refractivity contribution in [2.24, 2.45) is 5.41 Å². The van der Waals surface area contributed by atoms with Crippen LogP contribution < -0.4 is 5.32 Å². The van der Waals surface area contributed by atoms with Gasteiger partial charge in [0.2, 0.25) is 11.8 Å². The Balaban J connectivity index is 2.16. The van der Waals surface area contributed by atoms with Crippen LogP contribution in [0.3, 0.4) is 0 Å². The molecule has 0 aromatic rings. The Bertz CT molecular complexity index is 346. The average molecular weight is 252 g/mol. The summed E-state index contributed by atoms with van der Waals surface area (Å²) < 4.78 is 0. The number of carbonyl (C=O) groups excluding carboxylic acids is 2. The fraction of sp³-hybridized carbons (Fsp3) is 0.857. The molecule has 1 aliphatic carbocycles. The number of carbonyl (C=O) groups is 2. The van der Waals surface area contributed by atoms with E-state index in [-0.39, 0.29) is 29.3 Å². The van der Waals surface area contributed by atoms with Gasteiger partial charge in [-0.25, -0.2) is 0 Å². The summed E-state index contributed by atoms with van der Waals surface area (Å²) in [5.74, 6) is 0.249. The molecule has 4 heteroatoms. The van der Waals surface area contributed by atoms with Gasteiger partial charge in [0.25, 0.3) is 0 Å². The standard InChI is InChI=1S/C14H24N2O2/c1-4-9-15-12(17)11-14(7-5-6-8-14)13(18)16(11)10(2)3/h10-11H,4-9H2,1-3H3,(H,15,17). The minimum absolute atomic E-state index is 0.0482. The highest BCUT2D eigenvalue weighted by Crippen LogP contribution is 2.52. The predicted molar refractivity (Wildman–Crippen MR) is 70.0 cm³/mol. The van der Waals surface area contributed by atoms with E-state index in [9.17, 15) is 9.59 Å². The minimum Gasteiger partial charge on any atom is -0.354 e. The number of rotatable bonds is 4. The van der Waals surface area contributed by atoms with E-state index in [0.717, 1.165) is 32.1 Å². The first kappa shape index (κ1) is 13.4. The van der Waals surface area contributed by atoms with Crippen molar-refractivity contribution in [3.8, 4) is 0 Å². The van der Waals surface area contributed by atoms with Gasteiger partial charge in [-0.2, -0.15) is 0 Å². The highest BCUT2D eigenvalue weighted by molar-refractivity contribution is 6.02. The Morgan fingerprint density at radius 2 is 2.06 bits per heavy atom. The maximum atomic E-state index is 12.4. The van der Waals surface area contributed by atoms with E-state index in [2.05, 4.69) is 5.32 Å². The van der Waals surface area contributed by atoms with Crippen molar-refractivity contribution in [2.45, 2.75) is 65.0 Å². The van der Waals surface area contributed by atoms with E-state index < -0.39 is 0 Å². The molecule has 1 heterocycles. The topological polar surface area (TPSA) is 49.4 Å². The molecule has 4 nitrogen and oxygen atoms in total. The van der Waals surface area contributed by atoms with Crippen molar-refractivity contribution in [3.05, 3.63) is 0 Å². The maximum absolute atomic E-state index is 12.4. The summed E-state index contributed by atoms with van der Waals surface area (Å²) in [5.41, 5.74) is -0.359. The molecule has 0 aromatic heterocycles. The fourth-order valence-electron chi connectivity index (χ4n) is 3.44. The summed E-state index contributed by atoms with van der Waals surface area (Å²) in [5, 5.41) is 2.96. The Labute approximate surface area is 109 Å². The van der Waals surface area contributed by atoms with Crippen molar-refractivity contribution in [1.29, 1.82) is 0 Å². The van der Waals surface area contributed by atoms with Crippen LogP contribution in [0, 0.1) is 5.41 Å². The molecule has 1 N–H and O–H groups in total. The Morgan fingerprint density at radius 1 is 1.44 bits per heavy atom. The lowest BCUT2D eigenvalue weighted by molar-refractivity contribution is -0.181. The van der Waals surface area contributed by atoms with Crippen LogP contribution in [0.25, 0.3) is 0 Å². The summed E-state index contributed by atoms with van der Waals surface area (Å²) in [7, 11) is 0. The molecule has 0 aromatic carbocycles. The van der Waals surface area contributed by atoms with Crippen molar-refractivity contribution in [3.63, 3.8) is 0 Å². The van der Waals surface area contributed by atoms with E-state index in [4.69, 9.17) is 0 Å². The average Bonchev–Trinajstić information content (AvgIpc) is 2.83. The molecule has 0 bridgehead atoms. The first-order valence-corrected chi connectivity index (χ1v) is 7.15. The van der Waals surface area contributed by atoms with Gasteiger partial charge in [0, 0.05) is 12.6 Å². The summed E-state index contributed by atoms with van der Waals surface area (Å²) in [6, 6.07) is -0.111. The molecule has 1 saturated heterocycles. The minimum atomic E-state index is -0.359. The van der Waals surface area contributed by atoms with Gasteiger partial charge in [-0.1, -0.05) is 19.8 Å². The lowest BCUT2D eigenvalue weighted by Crippen LogP contribution is -2.74. The molecule has 1 saturated carbocycles. The summed E-state index contributed by atoms with van der Waals surface area (Å²) in [4.78, 5) is 26.4. The number of nitrogens with one attached hydrogen (secondary N) is 1. The maximum Gasteiger partial charge on any atom is 0.243 e. The lowest BCUT2D eigenvalue weighted by atomic mass is 9.68. The van der Waals surface area contributed by atoms with Gasteiger partial charge in [-0.05, 0) is 33.1 Å². The molecule has 2 rings (SSSR count). The fourth-order valence-corrected chi connectivity index (χ4v) is 3.44. The zero-order chi connectivity index (χ0) is 13.3. The molecule has 1 atom stereocenters. The number of β-lactam (4-membered cyclic amide) rings is 1. The molecular weight excluding hydrogens is 228 g/mol. The van der Waals surface area contributed by atoms with Crippen LogP contribution in [-0.2, 0) is 9.59 Å². The number of amides is 2. The van der Waals surface area contributed by atoms with E-state index in [1.54, 1.807) is 4.90 Å². The third-order valence-electron chi connectivity index (χ3n) is 4.31. The van der Waals surface area contributed by atoms with Gasteiger partial charge in [0.1, 0.15) is 6.04 Å². The quantitative estimate of drug-likeness (QED) is 0.774. The zero-order valence-corrected chi connectivity index (χ0v) is 11.7. The van der Waals surface area contributed by atoms with Crippen LogP contribution in [0.2, 0.25) is 0 Å². The second kappa shape index (κ2) is 4.90. The summed E-state index contributed by atoms with van der Waals surface area (Å²) >= 11 is 0. The SMILES string of the molecule is CCCNC(=O)C1N(C(C)C)C(=O)C12CCCC2. The largest absolute Gasteiger partial charge is 0.354 e. The first-order chi connectivity index (χ1) is 8.54. The summed E-state index contributed by atoms with van der Waals surface area (Å²) in [6.07, 6.45) is 4.87. The predicted octanol–water partition coefficient (Wildman–Crippen LogP) is 1.69. The molecule has 1 spiro atoms. The van der Waals surface area contributed by atoms with Gasteiger partial charge in [0.05, 0.1) is 5.41 Å². The number of hydrogen-bond acceptors (Lipinski definition) is 2. The van der Waals surface area contributed by atoms with Gasteiger partial charge in [0.15, 0.2) is 0 Å². The number of nitrogens with zero attached hydrogens (tertiary/aromatic N) is 1. The molecule has 18 heavy (non-hydrogen) atoms. The van der Waals surface area contributed by atoms with Crippen LogP contribution in [-0.4, -0.2) is 35.3 Å². The molecular formula is C14H24N2O2. The van der Waals surface area contributed by atoms with E-state index in [0.29, 0.717) is 6.54 Å². The first-order valence-electron chi connectivity index (χ1n) is 7.15. The zero-order valence-electron chi connectivity index (χ0n) is 11.7. The Kier molecular flexibility index (Phi) is 3.64. The van der Waals surface area contributed by atoms with Crippen molar-refractivity contribution in [1.82, 2.24) is 10.2 Å². The molecule has 0 radical (unpaired) electrons. The highest BCUT2D eigenvalue weighted by Gasteiger charge is 2.64. The van der Waals surface area contributed by atoms with Crippen LogP contribution in [0.4, 0.5) is 0 Å². The van der Waals surface area contributed by atoms with Crippen LogP contribution in [0.1, 0.15) is 52.9 Å². The highest BCUT2D eigenvalue weighted by atomic mass is 16.2. The second-order valence-electron chi connectivity index (χ2n) is 5.86. The monoisotopic (exact) mass is 252 g/mol. The van der Waals surface area contributed by atoms with Crippen molar-refractivity contribution in [2.75, 3.05) is 6.54 Å². The Morgan fingerprint density at radius 3 is 2.56 bits per heavy atom. The number of hydrogen-bond donors (Lipinski definition) is 1. The molecule has 102 valence electrons. The smallest absolute Gasteiger partial charge is 0.243 e. The molecule has 2 fully saturated rings. The van der Waals surface area contributed by atoms with E-state index in [1.807, 2.05) is 20.8 Å². The van der Waals surface area contributed by atoms with Crippen LogP contribution in [0.15, 0.2) is 0 Å². The van der Waals surface area contributed by atoms with Gasteiger partial charge in [-0.3, -0.25) is 9.59 Å². The third-order valence-corrected chi connectivity index (χ3v) is 4.31. The molecule has 2 amide bonds. The van der Waals surface area contributed by atoms with Gasteiger partial charge < -0.3 is 10.2 Å². The van der Waals surface area contributed by atoms with Crippen LogP contribution in [0.5, 0.6) is 0 Å². The van der Waals surface area contributed by atoms with E-state index in [1.165, 1.54) is 0 Å². The third kappa shape index (κ3) is 1.82. The van der Waals surface area contributed by atoms with Gasteiger partial charge >= 0.3 is 0 Å². The van der Waals surface area contributed by atoms with E-state index >= 15 is 0 Å². The van der Waals surface area contributed by atoms with Gasteiger partial charge in [-0.15, -0.1) is 0 Å².